The van der Waals surface area contributed by atoms with Gasteiger partial charge in [0, 0.05) is 25.3 Å². The third kappa shape index (κ3) is 2.78. The molecule has 5 heteroatoms. The Morgan fingerprint density at radius 1 is 1.24 bits per heavy atom. The Morgan fingerprint density at radius 3 is 2.48 bits per heavy atom. The van der Waals surface area contributed by atoms with E-state index in [1.54, 1.807) is 4.90 Å². The highest BCUT2D eigenvalue weighted by Gasteiger charge is 2.28. The highest BCUT2D eigenvalue weighted by Crippen LogP contribution is 2.21. The zero-order valence-corrected chi connectivity index (χ0v) is 12.9. The molecular formula is C16H19N3OS. The van der Waals surface area contributed by atoms with Crippen LogP contribution in [0.4, 0.5) is 5.69 Å². The average molecular weight is 301 g/mol. The molecule has 0 saturated carbocycles. The molecule has 2 aliphatic heterocycles. The van der Waals surface area contributed by atoms with E-state index in [2.05, 4.69) is 22.3 Å². The Morgan fingerprint density at radius 2 is 1.90 bits per heavy atom. The van der Waals surface area contributed by atoms with Crippen LogP contribution in [0.1, 0.15) is 25.3 Å². The van der Waals surface area contributed by atoms with Gasteiger partial charge in [0.15, 0.2) is 5.11 Å². The minimum atomic E-state index is -0.0499. The molecule has 3 rings (SSSR count). The zero-order chi connectivity index (χ0) is 14.8. The normalized spacial score (nSPS) is 20.5. The molecule has 2 fully saturated rings. The van der Waals surface area contributed by atoms with E-state index in [9.17, 15) is 4.79 Å². The van der Waals surface area contributed by atoms with Crippen molar-refractivity contribution in [1.82, 2.24) is 10.2 Å². The van der Waals surface area contributed by atoms with Gasteiger partial charge < -0.3 is 10.2 Å². The van der Waals surface area contributed by atoms with Crippen molar-refractivity contribution in [1.29, 1.82) is 0 Å². The third-order valence-corrected chi connectivity index (χ3v) is 4.28. The van der Waals surface area contributed by atoms with Crippen LogP contribution in [0.5, 0.6) is 0 Å². The van der Waals surface area contributed by atoms with Gasteiger partial charge in [0.05, 0.1) is 0 Å². The molecule has 0 unspecified atom stereocenters. The average Bonchev–Trinajstić information content (AvgIpc) is 3.10. The standard InChI is InChI=1S/C16H19N3OS/c1-2-19-15(20)14(17-16(19)21)11-12-5-7-13(8-6-12)18-9-3-4-10-18/h5-8,11H,2-4,9-10H2,1H3,(H,17,21). The van der Waals surface area contributed by atoms with E-state index in [1.165, 1.54) is 18.5 Å². The number of thiocarbonyl (C=S) groups is 1. The van der Waals surface area contributed by atoms with Crippen molar-refractivity contribution < 1.29 is 4.79 Å². The number of anilines is 1. The molecule has 2 heterocycles. The predicted molar refractivity (Wildman–Crippen MR) is 89.0 cm³/mol. The van der Waals surface area contributed by atoms with Crippen molar-refractivity contribution in [3.63, 3.8) is 0 Å². The highest BCUT2D eigenvalue weighted by molar-refractivity contribution is 7.80. The molecule has 21 heavy (non-hydrogen) atoms. The number of benzene rings is 1. The van der Waals surface area contributed by atoms with Gasteiger partial charge in [0.25, 0.3) is 5.91 Å². The van der Waals surface area contributed by atoms with Gasteiger partial charge in [-0.3, -0.25) is 9.69 Å². The first kappa shape index (κ1) is 14.1. The van der Waals surface area contributed by atoms with Gasteiger partial charge in [-0.1, -0.05) is 12.1 Å². The number of carbonyl (C=O) groups excluding carboxylic acids is 1. The van der Waals surface area contributed by atoms with Crippen molar-refractivity contribution in [2.24, 2.45) is 0 Å². The van der Waals surface area contributed by atoms with Crippen molar-refractivity contribution in [3.05, 3.63) is 35.5 Å². The van der Waals surface area contributed by atoms with Crippen LogP contribution < -0.4 is 10.2 Å². The fraction of sp³-hybridized carbons (Fsp3) is 0.375. The van der Waals surface area contributed by atoms with Gasteiger partial charge >= 0.3 is 0 Å². The van der Waals surface area contributed by atoms with Gasteiger partial charge in [-0.15, -0.1) is 0 Å². The molecule has 2 aliphatic rings. The monoisotopic (exact) mass is 301 g/mol. The smallest absolute Gasteiger partial charge is 0.276 e. The Bertz CT molecular complexity index is 588. The molecule has 1 amide bonds. The number of nitrogens with zero attached hydrogens (tertiary/aromatic N) is 2. The maximum absolute atomic E-state index is 12.1. The fourth-order valence-electron chi connectivity index (χ4n) is 2.78. The summed E-state index contributed by atoms with van der Waals surface area (Å²) < 4.78 is 0. The maximum Gasteiger partial charge on any atom is 0.276 e. The lowest BCUT2D eigenvalue weighted by atomic mass is 10.1. The fourth-order valence-corrected chi connectivity index (χ4v) is 3.10. The van der Waals surface area contributed by atoms with E-state index in [-0.39, 0.29) is 5.91 Å². The van der Waals surface area contributed by atoms with Crippen molar-refractivity contribution in [3.8, 4) is 0 Å². The van der Waals surface area contributed by atoms with Crippen molar-refractivity contribution >= 4 is 35.0 Å². The molecule has 0 bridgehead atoms. The van der Waals surface area contributed by atoms with E-state index in [1.807, 2.05) is 25.1 Å². The van der Waals surface area contributed by atoms with Crippen molar-refractivity contribution in [2.75, 3.05) is 24.5 Å². The van der Waals surface area contributed by atoms with E-state index in [0.29, 0.717) is 17.4 Å². The summed E-state index contributed by atoms with van der Waals surface area (Å²) in [6.45, 7) is 4.79. The van der Waals surface area contributed by atoms with Gasteiger partial charge in [0.2, 0.25) is 0 Å². The first-order valence-corrected chi connectivity index (χ1v) is 7.79. The van der Waals surface area contributed by atoms with Gasteiger partial charge in [-0.2, -0.15) is 0 Å². The number of rotatable bonds is 3. The number of nitrogens with one attached hydrogen (secondary N) is 1. The van der Waals surface area contributed by atoms with Crippen LogP contribution >= 0.6 is 12.2 Å². The first-order valence-electron chi connectivity index (χ1n) is 7.38. The van der Waals surface area contributed by atoms with Crippen LogP contribution in [0.3, 0.4) is 0 Å². The number of hydrogen-bond donors (Lipinski definition) is 1. The summed E-state index contributed by atoms with van der Waals surface area (Å²) in [6.07, 6.45) is 4.40. The summed E-state index contributed by atoms with van der Waals surface area (Å²) in [4.78, 5) is 16.1. The zero-order valence-electron chi connectivity index (χ0n) is 12.1. The molecule has 0 aliphatic carbocycles. The molecule has 0 radical (unpaired) electrons. The van der Waals surface area contributed by atoms with E-state index in [0.717, 1.165) is 18.7 Å². The number of carbonyl (C=O) groups is 1. The molecule has 1 aromatic carbocycles. The summed E-state index contributed by atoms with van der Waals surface area (Å²) in [7, 11) is 0. The van der Waals surface area contributed by atoms with Crippen LogP contribution in [0.2, 0.25) is 0 Å². The lowest BCUT2D eigenvalue weighted by Crippen LogP contribution is -2.30. The largest absolute Gasteiger partial charge is 0.372 e. The van der Waals surface area contributed by atoms with Crippen LogP contribution in [0.15, 0.2) is 30.0 Å². The molecule has 1 N–H and O–H groups in total. The SMILES string of the molecule is CCN1C(=O)C(=Cc2ccc(N3CCCC3)cc2)NC1=S. The molecule has 2 saturated heterocycles. The Labute approximate surface area is 130 Å². The van der Waals surface area contributed by atoms with Gasteiger partial charge in [-0.05, 0) is 55.8 Å². The molecule has 110 valence electrons. The van der Waals surface area contributed by atoms with Crippen molar-refractivity contribution in [2.45, 2.75) is 19.8 Å². The van der Waals surface area contributed by atoms with E-state index in [4.69, 9.17) is 12.2 Å². The second-order valence-electron chi connectivity index (χ2n) is 5.32. The number of amides is 1. The van der Waals surface area contributed by atoms with Gasteiger partial charge in [-0.25, -0.2) is 0 Å². The Hall–Kier alpha value is -1.88. The minimum absolute atomic E-state index is 0.0499. The Balaban J connectivity index is 1.77. The molecule has 0 aromatic heterocycles. The van der Waals surface area contributed by atoms with E-state index >= 15 is 0 Å². The molecule has 0 spiro atoms. The minimum Gasteiger partial charge on any atom is -0.372 e. The summed E-state index contributed by atoms with van der Waals surface area (Å²) in [5.41, 5.74) is 2.82. The maximum atomic E-state index is 12.1. The second kappa shape index (κ2) is 5.85. The molecule has 4 nitrogen and oxygen atoms in total. The van der Waals surface area contributed by atoms with Crippen LogP contribution in [-0.2, 0) is 4.79 Å². The second-order valence-corrected chi connectivity index (χ2v) is 5.71. The van der Waals surface area contributed by atoms with Crippen LogP contribution in [0.25, 0.3) is 6.08 Å². The molecule has 1 aromatic rings. The topological polar surface area (TPSA) is 35.6 Å². The highest BCUT2D eigenvalue weighted by atomic mass is 32.1. The van der Waals surface area contributed by atoms with Crippen LogP contribution in [-0.4, -0.2) is 35.6 Å². The summed E-state index contributed by atoms with van der Waals surface area (Å²) >= 11 is 5.15. The lowest BCUT2D eigenvalue weighted by molar-refractivity contribution is -0.122. The predicted octanol–water partition coefficient (Wildman–Crippen LogP) is 2.36. The molecular weight excluding hydrogens is 282 g/mol. The number of hydrogen-bond acceptors (Lipinski definition) is 3. The lowest BCUT2D eigenvalue weighted by Gasteiger charge is -2.17. The van der Waals surface area contributed by atoms with Crippen LogP contribution in [0, 0.1) is 0 Å². The van der Waals surface area contributed by atoms with Gasteiger partial charge in [0.1, 0.15) is 5.70 Å². The summed E-state index contributed by atoms with van der Waals surface area (Å²) in [5.74, 6) is -0.0499. The quantitative estimate of drug-likeness (QED) is 0.687. The summed E-state index contributed by atoms with van der Waals surface area (Å²) in [5, 5.41) is 3.47. The molecule has 0 atom stereocenters. The Kier molecular flexibility index (Phi) is 3.92. The third-order valence-electron chi connectivity index (χ3n) is 3.95. The first-order chi connectivity index (χ1) is 10.2. The van der Waals surface area contributed by atoms with E-state index < -0.39 is 0 Å². The summed E-state index contributed by atoms with van der Waals surface area (Å²) in [6, 6.07) is 8.33. The number of likely N-dealkylation sites (N-methyl/N-ethyl adjacent to an activating group) is 1.